The van der Waals surface area contributed by atoms with Crippen LogP contribution in [0.15, 0.2) is 84.9 Å². The molecule has 4 rings (SSSR count). The number of hydrogen-bond donors (Lipinski definition) is 1. The number of pyridine rings is 1. The fourth-order valence-electron chi connectivity index (χ4n) is 3.34. The molecule has 1 heterocycles. The number of halogens is 1. The lowest BCUT2D eigenvalue weighted by Crippen LogP contribution is -2.07. The lowest BCUT2D eigenvalue weighted by molar-refractivity contribution is -0.383. The van der Waals surface area contributed by atoms with E-state index in [0.29, 0.717) is 28.9 Å². The number of hydrogen-bond acceptors (Lipinski definition) is 4. The highest BCUT2D eigenvalue weighted by atomic mass is 19.1. The molecule has 154 valence electrons. The standard InChI is InChI=1S/C25H20FN3O2/c1-17-7-9-18(10-8-17)16-27-25-24(29(30)31)22(19-5-3-2-4-6-19)15-23(28-25)20-11-13-21(26)14-12-20/h2-15H,16H2,1H3,(H,27,28). The van der Waals surface area contributed by atoms with Crippen LogP contribution < -0.4 is 5.32 Å². The van der Waals surface area contributed by atoms with Gasteiger partial charge in [0.2, 0.25) is 5.82 Å². The molecule has 0 amide bonds. The van der Waals surface area contributed by atoms with E-state index in [4.69, 9.17) is 0 Å². The molecule has 0 aliphatic carbocycles. The summed E-state index contributed by atoms with van der Waals surface area (Å²) in [5.41, 5.74) is 4.38. The van der Waals surface area contributed by atoms with Gasteiger partial charge in [0.05, 0.1) is 16.2 Å². The smallest absolute Gasteiger partial charge is 0.319 e. The Morgan fingerprint density at radius 2 is 1.61 bits per heavy atom. The Balaban J connectivity index is 1.83. The van der Waals surface area contributed by atoms with Crippen molar-refractivity contribution in [2.45, 2.75) is 13.5 Å². The van der Waals surface area contributed by atoms with Crippen LogP contribution in [0.3, 0.4) is 0 Å². The minimum Gasteiger partial charge on any atom is -0.360 e. The molecule has 1 aromatic heterocycles. The minimum atomic E-state index is -0.415. The van der Waals surface area contributed by atoms with E-state index in [1.54, 1.807) is 18.2 Å². The number of nitrogens with one attached hydrogen (secondary N) is 1. The van der Waals surface area contributed by atoms with E-state index in [1.807, 2.05) is 61.5 Å². The van der Waals surface area contributed by atoms with Crippen molar-refractivity contribution in [2.24, 2.45) is 0 Å². The van der Waals surface area contributed by atoms with E-state index in [9.17, 15) is 14.5 Å². The van der Waals surface area contributed by atoms with Crippen molar-refractivity contribution in [3.05, 3.63) is 112 Å². The maximum Gasteiger partial charge on any atom is 0.319 e. The third-order valence-corrected chi connectivity index (χ3v) is 4.98. The van der Waals surface area contributed by atoms with Crippen LogP contribution in [0.25, 0.3) is 22.4 Å². The third-order valence-electron chi connectivity index (χ3n) is 4.98. The van der Waals surface area contributed by atoms with Crippen LogP contribution in [0.1, 0.15) is 11.1 Å². The van der Waals surface area contributed by atoms with Gasteiger partial charge in [-0.05, 0) is 48.4 Å². The van der Waals surface area contributed by atoms with E-state index in [0.717, 1.165) is 11.1 Å². The normalized spacial score (nSPS) is 10.6. The van der Waals surface area contributed by atoms with Gasteiger partial charge in [0.1, 0.15) is 5.82 Å². The maximum atomic E-state index is 13.4. The van der Waals surface area contributed by atoms with Crippen molar-refractivity contribution in [3.63, 3.8) is 0 Å². The van der Waals surface area contributed by atoms with Crippen molar-refractivity contribution in [1.29, 1.82) is 0 Å². The molecule has 0 fully saturated rings. The molecule has 3 aromatic carbocycles. The second-order valence-electron chi connectivity index (χ2n) is 7.22. The Bertz CT molecular complexity index is 1210. The maximum absolute atomic E-state index is 13.4. The minimum absolute atomic E-state index is 0.0934. The molecule has 4 aromatic rings. The average molecular weight is 413 g/mol. The second-order valence-corrected chi connectivity index (χ2v) is 7.22. The van der Waals surface area contributed by atoms with Crippen LogP contribution in [-0.4, -0.2) is 9.91 Å². The molecular weight excluding hydrogens is 393 g/mol. The predicted octanol–water partition coefficient (Wildman–Crippen LogP) is 6.38. The Labute approximate surface area is 179 Å². The second kappa shape index (κ2) is 8.75. The number of nitro groups is 1. The molecule has 0 radical (unpaired) electrons. The molecule has 0 bridgehead atoms. The first-order chi connectivity index (χ1) is 15.0. The first-order valence-corrected chi connectivity index (χ1v) is 9.81. The zero-order chi connectivity index (χ0) is 21.8. The van der Waals surface area contributed by atoms with E-state index in [2.05, 4.69) is 10.3 Å². The van der Waals surface area contributed by atoms with Gasteiger partial charge >= 0.3 is 5.69 Å². The van der Waals surface area contributed by atoms with Gasteiger partial charge in [0.25, 0.3) is 0 Å². The van der Waals surface area contributed by atoms with Crippen molar-refractivity contribution < 1.29 is 9.31 Å². The molecule has 0 atom stereocenters. The molecule has 5 nitrogen and oxygen atoms in total. The highest BCUT2D eigenvalue weighted by Crippen LogP contribution is 2.38. The molecular formula is C25H20FN3O2. The van der Waals surface area contributed by atoms with Crippen LogP contribution in [0, 0.1) is 22.9 Å². The summed E-state index contributed by atoms with van der Waals surface area (Å²) in [5, 5.41) is 15.2. The van der Waals surface area contributed by atoms with Crippen molar-refractivity contribution >= 4 is 11.5 Å². The first-order valence-electron chi connectivity index (χ1n) is 9.81. The van der Waals surface area contributed by atoms with E-state index in [-0.39, 0.29) is 17.3 Å². The average Bonchev–Trinajstić information content (AvgIpc) is 2.79. The van der Waals surface area contributed by atoms with Gasteiger partial charge in [-0.2, -0.15) is 0 Å². The molecule has 0 saturated heterocycles. The van der Waals surface area contributed by atoms with Crippen LogP contribution >= 0.6 is 0 Å². The van der Waals surface area contributed by atoms with Gasteiger partial charge in [-0.25, -0.2) is 9.37 Å². The highest BCUT2D eigenvalue weighted by Gasteiger charge is 2.24. The van der Waals surface area contributed by atoms with Crippen LogP contribution in [0.4, 0.5) is 15.9 Å². The van der Waals surface area contributed by atoms with Crippen LogP contribution in [-0.2, 0) is 6.54 Å². The summed E-state index contributed by atoms with van der Waals surface area (Å²) in [6.07, 6.45) is 0. The van der Waals surface area contributed by atoms with Gasteiger partial charge in [-0.3, -0.25) is 10.1 Å². The highest BCUT2D eigenvalue weighted by molar-refractivity contribution is 5.84. The summed E-state index contributed by atoms with van der Waals surface area (Å²) < 4.78 is 13.4. The fourth-order valence-corrected chi connectivity index (χ4v) is 3.34. The molecule has 0 saturated carbocycles. The SMILES string of the molecule is Cc1ccc(CNc2nc(-c3ccc(F)cc3)cc(-c3ccccc3)c2[N+](=O)[O-])cc1. The largest absolute Gasteiger partial charge is 0.360 e. The number of benzene rings is 3. The summed E-state index contributed by atoms with van der Waals surface area (Å²) >= 11 is 0. The summed E-state index contributed by atoms with van der Waals surface area (Å²) in [5.74, 6) is -0.182. The quantitative estimate of drug-likeness (QED) is 0.294. The Morgan fingerprint density at radius 3 is 2.26 bits per heavy atom. The van der Waals surface area contributed by atoms with E-state index in [1.165, 1.54) is 12.1 Å². The zero-order valence-corrected chi connectivity index (χ0v) is 16.9. The van der Waals surface area contributed by atoms with Gasteiger partial charge in [0.15, 0.2) is 0 Å². The first kappa shape index (κ1) is 20.2. The van der Waals surface area contributed by atoms with Gasteiger partial charge in [-0.15, -0.1) is 0 Å². The summed E-state index contributed by atoms with van der Waals surface area (Å²) in [4.78, 5) is 16.2. The van der Waals surface area contributed by atoms with Gasteiger partial charge < -0.3 is 5.32 Å². The van der Waals surface area contributed by atoms with Crippen LogP contribution in [0.2, 0.25) is 0 Å². The summed E-state index contributed by atoms with van der Waals surface area (Å²) in [6.45, 7) is 2.39. The topological polar surface area (TPSA) is 68.1 Å². The van der Waals surface area contributed by atoms with E-state index >= 15 is 0 Å². The molecule has 0 aliphatic heterocycles. The zero-order valence-electron chi connectivity index (χ0n) is 16.9. The fraction of sp³-hybridized carbons (Fsp3) is 0.0800. The molecule has 0 spiro atoms. The number of aryl methyl sites for hydroxylation is 1. The van der Waals surface area contributed by atoms with Crippen molar-refractivity contribution in [3.8, 4) is 22.4 Å². The Hall–Kier alpha value is -4.06. The lowest BCUT2D eigenvalue weighted by Gasteiger charge is -2.13. The molecule has 6 heteroatoms. The van der Waals surface area contributed by atoms with E-state index < -0.39 is 4.92 Å². The van der Waals surface area contributed by atoms with Crippen molar-refractivity contribution in [2.75, 3.05) is 5.32 Å². The number of rotatable bonds is 6. The summed E-state index contributed by atoms with van der Waals surface area (Å²) in [6, 6.07) is 24.7. The molecule has 1 N–H and O–H groups in total. The molecule has 31 heavy (non-hydrogen) atoms. The van der Waals surface area contributed by atoms with Gasteiger partial charge in [-0.1, -0.05) is 60.2 Å². The van der Waals surface area contributed by atoms with Crippen molar-refractivity contribution in [1.82, 2.24) is 4.98 Å². The number of anilines is 1. The molecule has 0 aliphatic rings. The lowest BCUT2D eigenvalue weighted by atomic mass is 10.0. The van der Waals surface area contributed by atoms with Crippen LogP contribution in [0.5, 0.6) is 0 Å². The van der Waals surface area contributed by atoms with Gasteiger partial charge in [0, 0.05) is 12.1 Å². The monoisotopic (exact) mass is 413 g/mol. The number of aromatic nitrogens is 1. The summed E-state index contributed by atoms with van der Waals surface area (Å²) in [7, 11) is 0. The molecule has 0 unspecified atom stereocenters. The third kappa shape index (κ3) is 4.59. The Kier molecular flexibility index (Phi) is 5.71. The Morgan fingerprint density at radius 1 is 0.935 bits per heavy atom. The predicted molar refractivity (Wildman–Crippen MR) is 120 cm³/mol. The number of nitrogens with zero attached hydrogens (tertiary/aromatic N) is 2.